The molecule has 1 atom stereocenters. The highest BCUT2D eigenvalue weighted by molar-refractivity contribution is 7.17. The lowest BCUT2D eigenvalue weighted by molar-refractivity contribution is -0.135. The fourth-order valence-electron chi connectivity index (χ4n) is 3.83. The monoisotopic (exact) mass is 454 g/mol. The van der Waals surface area contributed by atoms with E-state index < -0.39 is 23.4 Å². The lowest BCUT2D eigenvalue weighted by Gasteiger charge is -2.33. The summed E-state index contributed by atoms with van der Waals surface area (Å²) in [5.41, 5.74) is 0.196. The molecule has 10 heteroatoms. The number of thiazole rings is 1. The van der Waals surface area contributed by atoms with Crippen molar-refractivity contribution < 1.29 is 19.1 Å². The van der Waals surface area contributed by atoms with Gasteiger partial charge in [0.2, 0.25) is 5.91 Å². The predicted molar refractivity (Wildman–Crippen MR) is 117 cm³/mol. The van der Waals surface area contributed by atoms with E-state index in [9.17, 15) is 14.4 Å². The highest BCUT2D eigenvalue weighted by Gasteiger charge is 2.55. The number of para-hydroxylation sites is 1. The topological polar surface area (TPSA) is 101 Å². The summed E-state index contributed by atoms with van der Waals surface area (Å²) in [7, 11) is 0. The molecule has 2 aromatic heterocycles. The minimum absolute atomic E-state index is 0.299. The van der Waals surface area contributed by atoms with Crippen molar-refractivity contribution >= 4 is 45.7 Å². The summed E-state index contributed by atoms with van der Waals surface area (Å²) in [6, 6.07) is 10.5. The standard InChI is InChI=1S/C21H18N4O4S2/c1-12-6-7-16(31-12)14-11-30-19(22-14)23-17(26)10-25-18(27)21(24-20(25)28)8-9-29-15-5-3-2-4-13(15)21/h2-7,11H,8-10H2,1H3,(H,24,28)(H,22,23,26)/t21-/m0/s1. The molecular formula is C21H18N4O4S2. The average Bonchev–Trinajstić information content (AvgIpc) is 3.45. The normalized spacial score (nSPS) is 19.8. The molecule has 2 aliphatic rings. The number of urea groups is 1. The van der Waals surface area contributed by atoms with Crippen LogP contribution in [-0.2, 0) is 15.1 Å². The molecule has 5 rings (SSSR count). The Bertz CT molecular complexity index is 1200. The van der Waals surface area contributed by atoms with Gasteiger partial charge >= 0.3 is 6.03 Å². The molecule has 2 aliphatic heterocycles. The van der Waals surface area contributed by atoms with Gasteiger partial charge in [0.15, 0.2) is 10.7 Å². The van der Waals surface area contributed by atoms with Gasteiger partial charge in [0.05, 0.1) is 17.2 Å². The molecule has 158 valence electrons. The van der Waals surface area contributed by atoms with Gasteiger partial charge in [0.1, 0.15) is 12.3 Å². The van der Waals surface area contributed by atoms with Crippen molar-refractivity contribution in [3.63, 3.8) is 0 Å². The van der Waals surface area contributed by atoms with Crippen molar-refractivity contribution in [1.82, 2.24) is 15.2 Å². The van der Waals surface area contributed by atoms with E-state index in [4.69, 9.17) is 4.74 Å². The number of benzene rings is 1. The maximum Gasteiger partial charge on any atom is 0.325 e. The molecule has 4 amide bonds. The van der Waals surface area contributed by atoms with E-state index in [-0.39, 0.29) is 6.54 Å². The van der Waals surface area contributed by atoms with Gasteiger partial charge in [0, 0.05) is 22.2 Å². The van der Waals surface area contributed by atoms with Gasteiger partial charge in [-0.25, -0.2) is 9.78 Å². The second-order valence-electron chi connectivity index (χ2n) is 7.32. The molecule has 0 radical (unpaired) electrons. The first-order valence-electron chi connectivity index (χ1n) is 9.65. The Kier molecular flexibility index (Phi) is 4.75. The first kappa shape index (κ1) is 19.7. The van der Waals surface area contributed by atoms with E-state index in [1.165, 1.54) is 16.2 Å². The lowest BCUT2D eigenvalue weighted by Crippen LogP contribution is -2.48. The van der Waals surface area contributed by atoms with Gasteiger partial charge in [-0.15, -0.1) is 22.7 Å². The van der Waals surface area contributed by atoms with Crippen LogP contribution in [0.1, 0.15) is 16.9 Å². The summed E-state index contributed by atoms with van der Waals surface area (Å²) in [6.07, 6.45) is 0.308. The molecule has 31 heavy (non-hydrogen) atoms. The van der Waals surface area contributed by atoms with Crippen LogP contribution >= 0.6 is 22.7 Å². The largest absolute Gasteiger partial charge is 0.493 e. The zero-order valence-corrected chi connectivity index (χ0v) is 18.1. The molecule has 4 heterocycles. The summed E-state index contributed by atoms with van der Waals surface area (Å²) in [6.45, 7) is 1.93. The van der Waals surface area contributed by atoms with E-state index in [0.29, 0.717) is 29.5 Å². The molecule has 3 aromatic rings. The van der Waals surface area contributed by atoms with Crippen LogP contribution in [0.2, 0.25) is 0 Å². The van der Waals surface area contributed by atoms with Gasteiger partial charge in [0.25, 0.3) is 5.91 Å². The van der Waals surface area contributed by atoms with E-state index in [1.54, 1.807) is 29.5 Å². The molecule has 0 bridgehead atoms. The molecule has 1 fully saturated rings. The Balaban J connectivity index is 1.31. The number of nitrogens with zero attached hydrogens (tertiary/aromatic N) is 2. The molecule has 0 aliphatic carbocycles. The second-order valence-corrected chi connectivity index (χ2v) is 9.46. The summed E-state index contributed by atoms with van der Waals surface area (Å²) in [5, 5.41) is 7.76. The van der Waals surface area contributed by atoms with Crippen molar-refractivity contribution in [2.24, 2.45) is 0 Å². The van der Waals surface area contributed by atoms with Crippen molar-refractivity contribution in [2.45, 2.75) is 18.9 Å². The number of aromatic nitrogens is 1. The van der Waals surface area contributed by atoms with Crippen LogP contribution in [0.25, 0.3) is 10.6 Å². The number of carbonyl (C=O) groups excluding carboxylic acids is 3. The third-order valence-corrected chi connectivity index (χ3v) is 7.08. The molecule has 0 saturated carbocycles. The van der Waals surface area contributed by atoms with E-state index >= 15 is 0 Å². The fraction of sp³-hybridized carbons (Fsp3) is 0.238. The Labute approximate surface area is 185 Å². The van der Waals surface area contributed by atoms with Crippen LogP contribution in [0.5, 0.6) is 5.75 Å². The van der Waals surface area contributed by atoms with E-state index in [2.05, 4.69) is 15.6 Å². The van der Waals surface area contributed by atoms with Crippen molar-refractivity contribution in [3.05, 3.63) is 52.2 Å². The molecule has 1 aromatic carbocycles. The molecule has 1 saturated heterocycles. The Morgan fingerprint density at radius 2 is 2.13 bits per heavy atom. The van der Waals surface area contributed by atoms with Crippen molar-refractivity contribution in [1.29, 1.82) is 0 Å². The second kappa shape index (κ2) is 7.47. The number of aryl methyl sites for hydroxylation is 1. The zero-order chi connectivity index (χ0) is 21.6. The SMILES string of the molecule is Cc1ccc(-c2csc(NC(=O)CN3C(=O)N[C@]4(CCOc5ccccc54)C3=O)n2)s1. The first-order chi connectivity index (χ1) is 15.0. The summed E-state index contributed by atoms with van der Waals surface area (Å²) >= 11 is 2.92. The number of hydrogen-bond donors (Lipinski definition) is 2. The Morgan fingerprint density at radius 1 is 1.29 bits per heavy atom. The van der Waals surface area contributed by atoms with Crippen LogP contribution in [0.15, 0.2) is 41.8 Å². The predicted octanol–water partition coefficient (Wildman–Crippen LogP) is 3.35. The quantitative estimate of drug-likeness (QED) is 0.589. The third kappa shape index (κ3) is 3.37. The van der Waals surface area contributed by atoms with Crippen LogP contribution in [0.3, 0.4) is 0 Å². The lowest BCUT2D eigenvalue weighted by atomic mass is 9.84. The number of amides is 4. The highest BCUT2D eigenvalue weighted by Crippen LogP contribution is 2.41. The van der Waals surface area contributed by atoms with Gasteiger partial charge < -0.3 is 15.4 Å². The van der Waals surface area contributed by atoms with Crippen LogP contribution in [0, 0.1) is 6.92 Å². The van der Waals surface area contributed by atoms with Gasteiger partial charge in [-0.1, -0.05) is 18.2 Å². The fourth-order valence-corrected chi connectivity index (χ4v) is 5.46. The summed E-state index contributed by atoms with van der Waals surface area (Å²) in [4.78, 5) is 46.0. The average molecular weight is 455 g/mol. The minimum atomic E-state index is -1.20. The van der Waals surface area contributed by atoms with E-state index in [0.717, 1.165) is 15.5 Å². The maximum atomic E-state index is 13.2. The summed E-state index contributed by atoms with van der Waals surface area (Å²) in [5.74, 6) is -0.366. The molecule has 8 nitrogen and oxygen atoms in total. The molecule has 2 N–H and O–H groups in total. The smallest absolute Gasteiger partial charge is 0.325 e. The number of ether oxygens (including phenoxy) is 1. The summed E-state index contributed by atoms with van der Waals surface area (Å²) < 4.78 is 5.62. The number of anilines is 1. The molecular weight excluding hydrogens is 436 g/mol. The van der Waals surface area contributed by atoms with Crippen molar-refractivity contribution in [2.75, 3.05) is 18.5 Å². The number of hydrogen-bond acceptors (Lipinski definition) is 7. The van der Waals surface area contributed by atoms with E-state index in [1.807, 2.05) is 30.5 Å². The third-order valence-electron chi connectivity index (χ3n) is 5.30. The molecule has 1 spiro atoms. The number of carbonyl (C=O) groups is 3. The van der Waals surface area contributed by atoms with Crippen LogP contribution in [-0.4, -0.2) is 40.9 Å². The Hall–Kier alpha value is -3.24. The highest BCUT2D eigenvalue weighted by atomic mass is 32.1. The van der Waals surface area contributed by atoms with Crippen LogP contribution in [0.4, 0.5) is 9.93 Å². The maximum absolute atomic E-state index is 13.2. The number of nitrogens with one attached hydrogen (secondary N) is 2. The van der Waals surface area contributed by atoms with Gasteiger partial charge in [-0.05, 0) is 25.1 Å². The van der Waals surface area contributed by atoms with Gasteiger partial charge in [-0.3, -0.25) is 14.5 Å². The molecule has 0 unspecified atom stereocenters. The number of thiophene rings is 1. The number of imide groups is 1. The van der Waals surface area contributed by atoms with Crippen LogP contribution < -0.4 is 15.4 Å². The van der Waals surface area contributed by atoms with Gasteiger partial charge in [-0.2, -0.15) is 0 Å². The van der Waals surface area contributed by atoms with Crippen molar-refractivity contribution in [3.8, 4) is 16.3 Å². The zero-order valence-electron chi connectivity index (χ0n) is 16.5. The number of rotatable bonds is 4. The minimum Gasteiger partial charge on any atom is -0.493 e. The number of fused-ring (bicyclic) bond motifs is 2. The Morgan fingerprint density at radius 3 is 2.94 bits per heavy atom. The first-order valence-corrected chi connectivity index (χ1v) is 11.3.